The van der Waals surface area contributed by atoms with Gasteiger partial charge in [-0.15, -0.1) is 0 Å². The van der Waals surface area contributed by atoms with Crippen LogP contribution in [-0.4, -0.2) is 45.7 Å². The lowest BCUT2D eigenvalue weighted by atomic mass is 9.68. The number of hydrogen-bond acceptors (Lipinski definition) is 11. The molecule has 0 unspecified atom stereocenters. The van der Waals surface area contributed by atoms with E-state index in [1.54, 1.807) is 0 Å². The fourth-order valence-electron chi connectivity index (χ4n) is 30.0. The zero-order chi connectivity index (χ0) is 70.5. The molecule has 5 aliphatic carbocycles. The number of rotatable bonds is 21. The van der Waals surface area contributed by atoms with Crippen LogP contribution in [-0.2, 0) is 65.8 Å². The molecule has 32 aromatic rings. The van der Waals surface area contributed by atoms with E-state index in [1.165, 1.54) is 291 Å². The Bertz CT molecular complexity index is 9090. The summed E-state index contributed by atoms with van der Waals surface area (Å²) < 4.78 is 34.2. The summed E-state index contributed by atoms with van der Waals surface area (Å²) >= 11 is 0. The van der Waals surface area contributed by atoms with Crippen molar-refractivity contribution < 1.29 is 38.1 Å². The smallest absolute Gasteiger partial charge is 0.333 e. The Balaban J connectivity index is 0.602. The SMILES string of the molecule is O=C(CCCOC(=O)C1(C(=O)OCCCCCCn2c(=O)[nH]c(=O)[nH]c2=O)C23c4c5c6c7c8c9c(c%10c%11c2c2c4c4c%12c5c5c6c6c8c8c%13c9c9c%10c%10c%11c%11c2c2c4c4c%12c%12c5c5c6c8c6c8c%13c9c9c%10c%10c%11c2c2c4c4c%12c5c6c5c8c9c%10c2c45)C713)OCc1cc(OCc2ccccc2)cc(OCc2ccccc2)c1. The van der Waals surface area contributed by atoms with Crippen LogP contribution >= 0.6 is 0 Å². The third-order valence-electron chi connectivity index (χ3n) is 32.0. The van der Waals surface area contributed by atoms with E-state index in [0.717, 1.165) is 37.9 Å². The Hall–Kier alpha value is -13.5. The highest BCUT2D eigenvalue weighted by Crippen LogP contribution is 2.97. The third kappa shape index (κ3) is 4.02. The molecule has 111 heavy (non-hydrogen) atoms. The molecule has 14 heteroatoms. The standard InChI is InChI=1S/C97H39N3O11/c101-31(111-25-28-20-29(109-23-26-12-5-3-6-13-26)22-30(21-28)110-24-27-14-7-4-8-15-27)16-11-19-108-91(103)97(90(102)107-18-10-2-1-9-17-100-93(105)98-92(104)99-94(100)106)95-86-78-70-60-50-42-34-32-33-36-40-38(34)46-54-48(40)58-52-44(36)45-37(33)41-39-35(32)43(42)51-57-47(39)55-49(41)59-53(45)63-62(52)72-66(58)76-68(54)74(64(70)56(46)50)82(86)84(76)88-80(72)81-73(63)67(59)77-69(55)75-65(57)71(61(51)60)79(78)87(95)83(75)85(77)89(81)96(88,95)97/h3-8,12-15,20-22H,1-2,9-11,16-19,23-25H2,(H2,98,99,104,105,106). The lowest BCUT2D eigenvalue weighted by Gasteiger charge is -2.32. The Morgan fingerprint density at radius 1 is 0.297 bits per heavy atom. The van der Waals surface area contributed by atoms with E-state index in [2.05, 4.69) is 9.97 Å². The van der Waals surface area contributed by atoms with Gasteiger partial charge < -0.3 is 23.7 Å². The first-order valence-corrected chi connectivity index (χ1v) is 39.4. The van der Waals surface area contributed by atoms with Crippen molar-refractivity contribution in [3.8, 4) is 11.5 Å². The van der Waals surface area contributed by atoms with Crippen molar-refractivity contribution >= 4 is 309 Å². The van der Waals surface area contributed by atoms with Crippen molar-refractivity contribution in [1.82, 2.24) is 14.5 Å². The van der Waals surface area contributed by atoms with Crippen LogP contribution in [0.5, 0.6) is 11.5 Å². The molecule has 5 aliphatic rings. The number of carbonyl (C=O) groups is 3. The minimum atomic E-state index is -2.01. The topological polar surface area (TPSA) is 185 Å². The summed E-state index contributed by atoms with van der Waals surface area (Å²) in [6, 6.07) is 25.5. The van der Waals surface area contributed by atoms with E-state index in [-0.39, 0.29) is 39.2 Å². The van der Waals surface area contributed by atoms with E-state index in [0.29, 0.717) is 56.0 Å². The number of ether oxygens (including phenoxy) is 5. The Morgan fingerprint density at radius 3 is 0.883 bits per heavy atom. The summed E-state index contributed by atoms with van der Waals surface area (Å²) in [6.07, 6.45) is 2.16. The van der Waals surface area contributed by atoms with Gasteiger partial charge in [0.1, 0.15) is 31.3 Å². The highest BCUT2D eigenvalue weighted by atomic mass is 16.6. The van der Waals surface area contributed by atoms with Crippen LogP contribution in [0.2, 0.25) is 0 Å². The molecule has 2 N–H and O–H groups in total. The van der Waals surface area contributed by atoms with Gasteiger partial charge in [0.05, 0.1) is 24.0 Å². The molecular formula is C97H39N3O11. The molecule has 0 atom stereocenters. The minimum absolute atomic E-state index is 0.00664. The van der Waals surface area contributed by atoms with Gasteiger partial charge in [0, 0.05) is 19.0 Å². The highest BCUT2D eigenvalue weighted by molar-refractivity contribution is 6.82. The Labute approximate surface area is 612 Å². The number of nitrogens with zero attached hydrogens (tertiary/aromatic N) is 1. The van der Waals surface area contributed by atoms with Gasteiger partial charge >= 0.3 is 35.0 Å². The Kier molecular flexibility index (Phi) is 6.76. The largest absolute Gasteiger partial charge is 0.489 e. The van der Waals surface area contributed by atoms with Gasteiger partial charge in [0.15, 0.2) is 5.41 Å². The molecule has 0 aliphatic heterocycles. The van der Waals surface area contributed by atoms with Crippen molar-refractivity contribution in [3.63, 3.8) is 0 Å². The molecule has 0 saturated heterocycles. The van der Waals surface area contributed by atoms with E-state index < -0.39 is 51.2 Å². The molecule has 508 valence electrons. The van der Waals surface area contributed by atoms with Crippen LogP contribution in [0, 0.1) is 5.41 Å². The first kappa shape index (κ1) is 51.7. The van der Waals surface area contributed by atoms with Gasteiger partial charge in [-0.2, -0.15) is 0 Å². The first-order chi connectivity index (χ1) is 54.7. The van der Waals surface area contributed by atoms with Crippen molar-refractivity contribution in [2.24, 2.45) is 5.41 Å². The average molecular weight is 1420 g/mol. The average Bonchev–Trinajstić information content (AvgIpc) is 1.35. The monoisotopic (exact) mass is 1420 g/mol. The molecule has 37 rings (SSSR count). The van der Waals surface area contributed by atoms with Crippen LogP contribution in [0.3, 0.4) is 0 Å². The maximum absolute atomic E-state index is 18.0. The molecule has 0 bridgehead atoms. The molecule has 2 spiro atoms. The quantitative estimate of drug-likeness (QED) is 0.0229. The van der Waals surface area contributed by atoms with E-state index in [9.17, 15) is 19.2 Å². The van der Waals surface area contributed by atoms with E-state index in [4.69, 9.17) is 23.7 Å². The lowest BCUT2D eigenvalue weighted by Crippen LogP contribution is -2.43. The summed E-state index contributed by atoms with van der Waals surface area (Å²) in [5.74, 6) is -0.497. The van der Waals surface area contributed by atoms with Gasteiger partial charge in [-0.05, 0) is 368 Å². The zero-order valence-corrected chi connectivity index (χ0v) is 57.9. The molecule has 1 saturated carbocycles. The van der Waals surface area contributed by atoms with Crippen molar-refractivity contribution in [2.45, 2.75) is 75.7 Å². The number of benzene rings is 21. The summed E-state index contributed by atoms with van der Waals surface area (Å²) in [4.78, 5) is 92.3. The number of hydrogen-bond donors (Lipinski definition) is 2. The number of carbonyl (C=O) groups excluding carboxylic acids is 3. The third-order valence-corrected chi connectivity index (χ3v) is 32.0. The van der Waals surface area contributed by atoms with Crippen molar-refractivity contribution in [3.05, 3.63) is 149 Å². The molecular weight excluding hydrogens is 1380 g/mol. The number of esters is 3. The molecule has 1 aromatic heterocycles. The molecule has 0 radical (unpaired) electrons. The second kappa shape index (κ2) is 14.5. The maximum Gasteiger partial charge on any atom is 0.333 e. The van der Waals surface area contributed by atoms with E-state index in [1.807, 2.05) is 78.9 Å². The predicted molar refractivity (Wildman–Crippen MR) is 436 cm³/mol. The number of nitrogens with one attached hydrogen (secondary N) is 2. The van der Waals surface area contributed by atoms with Crippen LogP contribution < -0.4 is 26.5 Å². The van der Waals surface area contributed by atoms with Crippen LogP contribution in [0.25, 0.3) is 291 Å². The van der Waals surface area contributed by atoms with Crippen LogP contribution in [0.4, 0.5) is 0 Å². The Morgan fingerprint density at radius 2 is 0.577 bits per heavy atom. The molecule has 1 fully saturated rings. The summed E-state index contributed by atoms with van der Waals surface area (Å²) in [5.41, 5.74) is 0.175. The number of aromatic nitrogens is 3. The van der Waals surface area contributed by atoms with Gasteiger partial charge in [-0.3, -0.25) is 24.4 Å². The summed E-state index contributed by atoms with van der Waals surface area (Å²) in [5, 5.41) is 74.9. The van der Waals surface area contributed by atoms with Crippen molar-refractivity contribution in [1.29, 1.82) is 0 Å². The van der Waals surface area contributed by atoms with Gasteiger partial charge in [0.2, 0.25) is 0 Å². The maximum atomic E-state index is 18.0. The van der Waals surface area contributed by atoms with Crippen LogP contribution in [0.1, 0.15) is 77.5 Å². The fraction of sp³-hybridized carbons (Fsp3) is 0.155. The van der Waals surface area contributed by atoms with Crippen molar-refractivity contribution in [2.75, 3.05) is 13.2 Å². The predicted octanol–water partition coefficient (Wildman–Crippen LogP) is 19.9. The molecule has 31 aromatic carbocycles. The fourth-order valence-corrected chi connectivity index (χ4v) is 30.0. The lowest BCUT2D eigenvalue weighted by molar-refractivity contribution is -0.167. The number of unbranched alkanes of at least 4 members (excludes halogenated alkanes) is 3. The number of aromatic amines is 2. The molecule has 0 amide bonds. The molecule has 1 heterocycles. The van der Waals surface area contributed by atoms with Gasteiger partial charge in [0.25, 0.3) is 0 Å². The number of H-pyrrole nitrogens is 2. The van der Waals surface area contributed by atoms with Gasteiger partial charge in [-0.25, -0.2) is 19.0 Å². The van der Waals surface area contributed by atoms with Gasteiger partial charge in [-0.1, -0.05) is 67.1 Å². The zero-order valence-electron chi connectivity index (χ0n) is 57.9. The second-order valence-corrected chi connectivity index (χ2v) is 35.2. The highest BCUT2D eigenvalue weighted by Gasteiger charge is 3.01. The van der Waals surface area contributed by atoms with E-state index >= 15 is 9.59 Å². The summed E-state index contributed by atoms with van der Waals surface area (Å²) in [7, 11) is 0. The minimum Gasteiger partial charge on any atom is -0.489 e. The molecule has 14 nitrogen and oxygen atoms in total. The second-order valence-electron chi connectivity index (χ2n) is 35.2. The van der Waals surface area contributed by atoms with Crippen LogP contribution in [0.15, 0.2) is 93.2 Å². The first-order valence-electron chi connectivity index (χ1n) is 39.4. The summed E-state index contributed by atoms with van der Waals surface area (Å²) in [6.45, 7) is 0.563. The normalized spacial score (nSPS) is 19.4.